The maximum atomic E-state index is 4.29. The summed E-state index contributed by atoms with van der Waals surface area (Å²) in [5.74, 6) is 1.04. The van der Waals surface area contributed by atoms with Gasteiger partial charge in [0.15, 0.2) is 0 Å². The van der Waals surface area contributed by atoms with Gasteiger partial charge in [-0.3, -0.25) is 0 Å². The first kappa shape index (κ1) is 12.6. The molecule has 3 rings (SSSR count). The standard InChI is InChI=1S/C15H17N5/c1-19-8-7-18-15(19)11-17-10-13-2-4-14(5-3-13)20-9-6-16-12-20/h2-9,12,17H,10-11H2,1H3. The van der Waals surface area contributed by atoms with Crippen molar-refractivity contribution in [2.45, 2.75) is 13.1 Å². The van der Waals surface area contributed by atoms with Crippen molar-refractivity contribution in [3.63, 3.8) is 0 Å². The zero-order chi connectivity index (χ0) is 13.8. The molecular formula is C15H17N5. The monoisotopic (exact) mass is 267 g/mol. The van der Waals surface area contributed by atoms with Gasteiger partial charge < -0.3 is 14.5 Å². The summed E-state index contributed by atoms with van der Waals surface area (Å²) in [7, 11) is 2.00. The second-order valence-electron chi connectivity index (χ2n) is 4.69. The summed E-state index contributed by atoms with van der Waals surface area (Å²) in [6, 6.07) is 8.44. The van der Waals surface area contributed by atoms with Crippen molar-refractivity contribution in [3.05, 3.63) is 66.8 Å². The smallest absolute Gasteiger partial charge is 0.122 e. The second kappa shape index (κ2) is 5.71. The van der Waals surface area contributed by atoms with Crippen LogP contribution in [-0.4, -0.2) is 19.1 Å². The van der Waals surface area contributed by atoms with Crippen molar-refractivity contribution in [3.8, 4) is 5.69 Å². The minimum Gasteiger partial charge on any atom is -0.337 e. The average molecular weight is 267 g/mol. The molecule has 0 amide bonds. The van der Waals surface area contributed by atoms with Crippen molar-refractivity contribution in [2.75, 3.05) is 0 Å². The Labute approximate surface area is 117 Å². The van der Waals surface area contributed by atoms with Crippen molar-refractivity contribution in [1.82, 2.24) is 24.4 Å². The van der Waals surface area contributed by atoms with Gasteiger partial charge in [-0.05, 0) is 17.7 Å². The number of nitrogens with one attached hydrogen (secondary N) is 1. The molecule has 0 atom stereocenters. The van der Waals surface area contributed by atoms with Crippen LogP contribution in [-0.2, 0) is 20.1 Å². The van der Waals surface area contributed by atoms with Gasteiger partial charge in [-0.1, -0.05) is 12.1 Å². The van der Waals surface area contributed by atoms with Crippen LogP contribution >= 0.6 is 0 Å². The Morgan fingerprint density at radius 1 is 1.05 bits per heavy atom. The summed E-state index contributed by atoms with van der Waals surface area (Å²) < 4.78 is 4.01. The van der Waals surface area contributed by atoms with E-state index in [1.54, 1.807) is 12.5 Å². The molecule has 0 aliphatic carbocycles. The van der Waals surface area contributed by atoms with Crippen LogP contribution in [0.2, 0.25) is 0 Å². The van der Waals surface area contributed by atoms with Crippen LogP contribution in [0.4, 0.5) is 0 Å². The predicted octanol–water partition coefficient (Wildman–Crippen LogP) is 1.90. The van der Waals surface area contributed by atoms with Gasteiger partial charge in [-0.2, -0.15) is 0 Å². The minimum atomic E-state index is 0.771. The van der Waals surface area contributed by atoms with Crippen molar-refractivity contribution in [2.24, 2.45) is 7.05 Å². The summed E-state index contributed by atoms with van der Waals surface area (Å²) in [4.78, 5) is 8.33. The summed E-state index contributed by atoms with van der Waals surface area (Å²) in [5, 5.41) is 3.40. The van der Waals surface area contributed by atoms with Gasteiger partial charge in [0.1, 0.15) is 5.82 Å². The number of nitrogens with zero attached hydrogens (tertiary/aromatic N) is 4. The van der Waals surface area contributed by atoms with Crippen LogP contribution in [0.25, 0.3) is 5.69 Å². The van der Waals surface area contributed by atoms with E-state index in [4.69, 9.17) is 0 Å². The predicted molar refractivity (Wildman–Crippen MR) is 77.3 cm³/mol. The van der Waals surface area contributed by atoms with E-state index < -0.39 is 0 Å². The molecule has 3 aromatic rings. The van der Waals surface area contributed by atoms with Crippen LogP contribution in [0.5, 0.6) is 0 Å². The van der Waals surface area contributed by atoms with E-state index in [2.05, 4.69) is 39.6 Å². The number of aromatic nitrogens is 4. The fourth-order valence-electron chi connectivity index (χ4n) is 2.08. The van der Waals surface area contributed by atoms with E-state index in [0.29, 0.717) is 0 Å². The Bertz CT molecular complexity index is 652. The van der Waals surface area contributed by atoms with Gasteiger partial charge >= 0.3 is 0 Å². The molecular weight excluding hydrogens is 250 g/mol. The van der Waals surface area contributed by atoms with Crippen LogP contribution in [0, 0.1) is 0 Å². The molecule has 0 saturated carbocycles. The van der Waals surface area contributed by atoms with E-state index in [9.17, 15) is 0 Å². The third-order valence-corrected chi connectivity index (χ3v) is 3.27. The lowest BCUT2D eigenvalue weighted by atomic mass is 10.2. The van der Waals surface area contributed by atoms with Crippen LogP contribution in [0.3, 0.4) is 0 Å². The van der Waals surface area contributed by atoms with Gasteiger partial charge in [0, 0.05) is 44.1 Å². The summed E-state index contributed by atoms with van der Waals surface area (Å²) >= 11 is 0. The van der Waals surface area contributed by atoms with Gasteiger partial charge in [0.25, 0.3) is 0 Å². The molecule has 1 N–H and O–H groups in total. The van der Waals surface area contributed by atoms with E-state index in [1.807, 2.05) is 34.8 Å². The Morgan fingerprint density at radius 2 is 1.90 bits per heavy atom. The molecule has 5 nitrogen and oxygen atoms in total. The van der Waals surface area contributed by atoms with Crippen LogP contribution in [0.1, 0.15) is 11.4 Å². The number of imidazole rings is 2. The lowest BCUT2D eigenvalue weighted by molar-refractivity contribution is 0.639. The third-order valence-electron chi connectivity index (χ3n) is 3.27. The summed E-state index contributed by atoms with van der Waals surface area (Å²) in [5.41, 5.74) is 2.37. The van der Waals surface area contributed by atoms with E-state index >= 15 is 0 Å². The first-order chi connectivity index (χ1) is 9.83. The number of benzene rings is 1. The fraction of sp³-hybridized carbons (Fsp3) is 0.200. The lowest BCUT2D eigenvalue weighted by Gasteiger charge is -2.07. The maximum Gasteiger partial charge on any atom is 0.122 e. The van der Waals surface area contributed by atoms with Gasteiger partial charge in [0.05, 0.1) is 12.9 Å². The van der Waals surface area contributed by atoms with E-state index in [1.165, 1.54) is 5.56 Å². The number of aryl methyl sites for hydroxylation is 1. The van der Waals surface area contributed by atoms with Gasteiger partial charge in [0.2, 0.25) is 0 Å². The molecule has 2 heterocycles. The van der Waals surface area contributed by atoms with E-state index in [-0.39, 0.29) is 0 Å². The molecule has 0 unspecified atom stereocenters. The number of rotatable bonds is 5. The third kappa shape index (κ3) is 2.78. The normalized spacial score (nSPS) is 10.8. The van der Waals surface area contributed by atoms with Crippen molar-refractivity contribution in [1.29, 1.82) is 0 Å². The number of hydrogen-bond acceptors (Lipinski definition) is 3. The molecule has 2 aromatic heterocycles. The molecule has 0 spiro atoms. The average Bonchev–Trinajstić information content (AvgIpc) is 3.12. The van der Waals surface area contributed by atoms with E-state index in [0.717, 1.165) is 24.6 Å². The number of hydrogen-bond donors (Lipinski definition) is 1. The second-order valence-corrected chi connectivity index (χ2v) is 4.69. The van der Waals surface area contributed by atoms with Crippen LogP contribution in [0.15, 0.2) is 55.4 Å². The highest BCUT2D eigenvalue weighted by atomic mass is 15.1. The molecule has 102 valence electrons. The maximum absolute atomic E-state index is 4.29. The Balaban J connectivity index is 1.57. The van der Waals surface area contributed by atoms with Crippen molar-refractivity contribution < 1.29 is 0 Å². The van der Waals surface area contributed by atoms with Crippen LogP contribution < -0.4 is 5.32 Å². The fourth-order valence-corrected chi connectivity index (χ4v) is 2.08. The SMILES string of the molecule is Cn1ccnc1CNCc1ccc(-n2ccnc2)cc1. The molecule has 0 saturated heterocycles. The summed E-state index contributed by atoms with van der Waals surface area (Å²) in [6.07, 6.45) is 9.29. The zero-order valence-corrected chi connectivity index (χ0v) is 11.4. The topological polar surface area (TPSA) is 47.7 Å². The zero-order valence-electron chi connectivity index (χ0n) is 11.4. The molecule has 0 aliphatic heterocycles. The Kier molecular flexibility index (Phi) is 3.60. The highest BCUT2D eigenvalue weighted by Gasteiger charge is 1.99. The molecule has 5 heteroatoms. The molecule has 0 bridgehead atoms. The molecule has 0 radical (unpaired) electrons. The quantitative estimate of drug-likeness (QED) is 0.768. The molecule has 0 aliphatic rings. The van der Waals surface area contributed by atoms with Gasteiger partial charge in [-0.15, -0.1) is 0 Å². The molecule has 20 heavy (non-hydrogen) atoms. The Morgan fingerprint density at radius 3 is 2.55 bits per heavy atom. The van der Waals surface area contributed by atoms with Gasteiger partial charge in [-0.25, -0.2) is 9.97 Å². The van der Waals surface area contributed by atoms with Crippen molar-refractivity contribution >= 4 is 0 Å². The minimum absolute atomic E-state index is 0.771. The lowest BCUT2D eigenvalue weighted by Crippen LogP contribution is -2.15. The highest BCUT2D eigenvalue weighted by molar-refractivity contribution is 5.34. The highest BCUT2D eigenvalue weighted by Crippen LogP contribution is 2.09. The largest absolute Gasteiger partial charge is 0.337 e. The molecule has 1 aromatic carbocycles. The molecule has 0 fully saturated rings. The summed E-state index contributed by atoms with van der Waals surface area (Å²) in [6.45, 7) is 1.60. The first-order valence-electron chi connectivity index (χ1n) is 6.57. The first-order valence-corrected chi connectivity index (χ1v) is 6.57. The Hall–Kier alpha value is -2.40.